The molecule has 10 heteroatoms. The van der Waals surface area contributed by atoms with Crippen molar-refractivity contribution < 1.29 is 0 Å². The van der Waals surface area contributed by atoms with Gasteiger partial charge in [0.05, 0.1) is 0 Å². The largest absolute Gasteiger partial charge is 0.310 e. The fourth-order valence-corrected chi connectivity index (χ4v) is 22.8. The van der Waals surface area contributed by atoms with E-state index in [0.717, 1.165) is 102 Å². The van der Waals surface area contributed by atoms with Gasteiger partial charge in [-0.05, 0) is 271 Å². The van der Waals surface area contributed by atoms with Crippen molar-refractivity contribution in [2.45, 2.75) is 0 Å². The van der Waals surface area contributed by atoms with Crippen LogP contribution in [0, 0.1) is 0 Å². The van der Waals surface area contributed by atoms with Crippen LogP contribution in [0.1, 0.15) is 0 Å². The summed E-state index contributed by atoms with van der Waals surface area (Å²) in [6, 6.07) is 180. The predicted molar refractivity (Wildman–Crippen MR) is 563 cm³/mol. The Bertz CT molecular complexity index is 7550. The molecule has 4 aromatic heterocycles. The molecule has 0 fully saturated rings. The van der Waals surface area contributed by atoms with E-state index in [1.807, 2.05) is 45.3 Å². The third-order valence-corrected chi connectivity index (χ3v) is 28.9. The van der Waals surface area contributed by atoms with Crippen LogP contribution in [-0.2, 0) is 0 Å². The van der Waals surface area contributed by atoms with Crippen molar-refractivity contribution in [3.8, 4) is 22.3 Å². The first kappa shape index (κ1) is 78.8. The number of hydrogen-bond donors (Lipinski definition) is 0. The normalized spacial score (nSPS) is 11.4. The summed E-state index contributed by atoms with van der Waals surface area (Å²) < 4.78 is 10.1. The summed E-state index contributed by atoms with van der Waals surface area (Å²) in [5.74, 6) is 0. The van der Waals surface area contributed by atoms with Gasteiger partial charge in [0.2, 0.25) is 0 Å². The second kappa shape index (κ2) is 34.8. The number of fused-ring (bicyclic) bond motifs is 12. The lowest BCUT2D eigenvalue weighted by Crippen LogP contribution is -2.10. The Labute approximate surface area is 771 Å². The third-order valence-electron chi connectivity index (χ3n) is 24.3. The smallest absolute Gasteiger partial charge is 0.0476 e. The molecule has 0 saturated carbocycles. The number of thiophene rings is 4. The summed E-state index contributed by atoms with van der Waals surface area (Å²) in [6.45, 7) is 0. The first-order chi connectivity index (χ1) is 64.4. The molecule has 0 saturated heterocycles. The number of rotatable bonds is 20. The SMILES string of the molecule is c1ccc(-c2cc(-c3ccccc3)cc(N(c3ccc4c(c3)sc3ccc(N(c5ccccc5)c5ccccc5)cc34)c3ccc4c(c3)sc3ccc(N(c5ccccc5)c5ccccc5)cc34)c2)cc1.c1ccc(N(c2ccc3c(c2)sc2ccc(N(c4ccccc4)c4ccccc4)cc23)c2ccc3c(c2)sc2ccc(N(c4ccccc4)c4ccccc4)cc23)cc1. The Morgan fingerprint density at radius 3 is 0.477 bits per heavy atom. The van der Waals surface area contributed by atoms with Gasteiger partial charge in [0.15, 0.2) is 0 Å². The van der Waals surface area contributed by atoms with Gasteiger partial charge in [-0.1, -0.05) is 249 Å². The van der Waals surface area contributed by atoms with Gasteiger partial charge in [-0.25, -0.2) is 0 Å². The first-order valence-electron chi connectivity index (χ1n) is 43.8. The van der Waals surface area contributed by atoms with Crippen LogP contribution in [0.3, 0.4) is 0 Å². The standard InChI is InChI=1S/C66H45N3S2.C54H37N3S2/c1-7-19-46(20-8-1)48-39-49(47-21-9-2-10-22-47)41-58(40-48)69(56-31-35-59-61-42-54(33-37-63(61)70-65(59)44-56)67(50-23-11-3-12-24-50)51-25-13-4-14-26-51)57-32-36-60-62-43-55(34-38-64(62)71-66(60)45-57)68(52-27-15-5-16-28-52)53-29-17-6-18-30-53;1-6-16-38(17-7-1)55(39-18-8-2-9-19-39)43-28-32-51-49(34-43)47-30-26-45(36-53(47)58-51)57(42-24-14-5-15-25-42)46-27-31-48-50-35-44(29-33-52(50)59-54(48)37-46)56(40-20-10-3-11-21-40)41-22-12-4-13-23-41/h1-45H;1-37H. The van der Waals surface area contributed by atoms with Gasteiger partial charge >= 0.3 is 0 Å². The van der Waals surface area contributed by atoms with E-state index in [1.165, 1.54) is 103 Å². The number of anilines is 18. The van der Waals surface area contributed by atoms with E-state index in [1.54, 1.807) is 0 Å². The molecule has 24 rings (SSSR count). The summed E-state index contributed by atoms with van der Waals surface area (Å²) in [7, 11) is 0. The lowest BCUT2D eigenvalue weighted by molar-refractivity contribution is 1.29. The van der Waals surface area contributed by atoms with Crippen LogP contribution in [0.4, 0.5) is 102 Å². The highest BCUT2D eigenvalue weighted by atomic mass is 32.1. The molecule has 20 aromatic carbocycles. The van der Waals surface area contributed by atoms with Crippen LogP contribution < -0.4 is 29.4 Å². The molecule has 0 unspecified atom stereocenters. The van der Waals surface area contributed by atoms with Crippen LogP contribution in [0.2, 0.25) is 0 Å². The lowest BCUT2D eigenvalue weighted by Gasteiger charge is -2.27. The van der Waals surface area contributed by atoms with E-state index >= 15 is 0 Å². The Balaban J connectivity index is 0.000000151. The molecule has 0 bridgehead atoms. The molecule has 4 heterocycles. The molecule has 0 spiro atoms. The summed E-state index contributed by atoms with van der Waals surface area (Å²) in [4.78, 5) is 14.2. The Kier molecular flexibility index (Phi) is 21.1. The van der Waals surface area contributed by atoms with Gasteiger partial charge in [0.1, 0.15) is 0 Å². The van der Waals surface area contributed by atoms with Gasteiger partial charge in [-0.2, -0.15) is 0 Å². The van der Waals surface area contributed by atoms with E-state index in [9.17, 15) is 0 Å². The van der Waals surface area contributed by atoms with Gasteiger partial charge in [0, 0.05) is 183 Å². The zero-order valence-electron chi connectivity index (χ0n) is 70.7. The Hall–Kier alpha value is -15.9. The van der Waals surface area contributed by atoms with Gasteiger partial charge < -0.3 is 29.4 Å². The molecule has 0 aliphatic carbocycles. The Morgan fingerprint density at radius 2 is 0.269 bits per heavy atom. The molecule has 6 nitrogen and oxygen atoms in total. The quantitative estimate of drug-likeness (QED) is 0.0752. The fourth-order valence-electron chi connectivity index (χ4n) is 18.3. The predicted octanol–water partition coefficient (Wildman–Crippen LogP) is 37.0. The van der Waals surface area contributed by atoms with Crippen LogP contribution in [-0.4, -0.2) is 0 Å². The average Bonchev–Trinajstić information content (AvgIpc) is 1.56. The van der Waals surface area contributed by atoms with E-state index in [4.69, 9.17) is 0 Å². The minimum absolute atomic E-state index is 1.10. The van der Waals surface area contributed by atoms with Crippen molar-refractivity contribution in [1.29, 1.82) is 0 Å². The van der Waals surface area contributed by atoms with Gasteiger partial charge in [-0.3, -0.25) is 0 Å². The monoisotopic (exact) mass is 1730 g/mol. The second-order valence-electron chi connectivity index (χ2n) is 32.4. The zero-order chi connectivity index (χ0) is 86.2. The molecular weight excluding hydrogens is 1650 g/mol. The molecule has 0 N–H and O–H groups in total. The van der Waals surface area contributed by atoms with Crippen molar-refractivity contribution in [3.63, 3.8) is 0 Å². The summed E-state index contributed by atoms with van der Waals surface area (Å²) >= 11 is 7.42. The highest BCUT2D eigenvalue weighted by Gasteiger charge is 2.25. The second-order valence-corrected chi connectivity index (χ2v) is 36.7. The molecule has 0 amide bonds. The molecule has 0 aliphatic rings. The molecule has 616 valence electrons. The van der Waals surface area contributed by atoms with Crippen molar-refractivity contribution in [2.24, 2.45) is 0 Å². The topological polar surface area (TPSA) is 19.4 Å². The van der Waals surface area contributed by atoms with Gasteiger partial charge in [-0.15, -0.1) is 45.3 Å². The maximum absolute atomic E-state index is 2.46. The maximum atomic E-state index is 2.46. The highest BCUT2D eigenvalue weighted by molar-refractivity contribution is 7.27. The van der Waals surface area contributed by atoms with Crippen molar-refractivity contribution >= 4 is 228 Å². The highest BCUT2D eigenvalue weighted by Crippen LogP contribution is 2.51. The van der Waals surface area contributed by atoms with E-state index in [0.29, 0.717) is 0 Å². The van der Waals surface area contributed by atoms with E-state index in [-0.39, 0.29) is 0 Å². The number of nitrogens with zero attached hydrogens (tertiary/aromatic N) is 6. The van der Waals surface area contributed by atoms with Crippen molar-refractivity contribution in [3.05, 3.63) is 497 Å². The number of benzene rings is 20. The average molecular weight is 1740 g/mol. The fraction of sp³-hybridized carbons (Fsp3) is 0. The first-order valence-corrected chi connectivity index (χ1v) is 47.1. The number of hydrogen-bond acceptors (Lipinski definition) is 10. The minimum Gasteiger partial charge on any atom is -0.310 e. The molecule has 0 aliphatic heterocycles. The zero-order valence-corrected chi connectivity index (χ0v) is 73.9. The molecule has 24 aromatic rings. The summed E-state index contributed by atoms with van der Waals surface area (Å²) in [6.07, 6.45) is 0. The summed E-state index contributed by atoms with van der Waals surface area (Å²) in [5.41, 5.74) is 25.0. The number of para-hydroxylation sites is 9. The Morgan fingerprint density at radius 1 is 0.100 bits per heavy atom. The molecule has 130 heavy (non-hydrogen) atoms. The van der Waals surface area contributed by atoms with E-state index in [2.05, 4.69) is 527 Å². The maximum Gasteiger partial charge on any atom is 0.0476 e. The third kappa shape index (κ3) is 15.4. The molecule has 0 radical (unpaired) electrons. The van der Waals surface area contributed by atoms with Crippen LogP contribution in [0.25, 0.3) is 103 Å². The van der Waals surface area contributed by atoms with Crippen molar-refractivity contribution in [1.82, 2.24) is 0 Å². The van der Waals surface area contributed by atoms with Crippen LogP contribution in [0.5, 0.6) is 0 Å². The van der Waals surface area contributed by atoms with Crippen LogP contribution in [0.15, 0.2) is 497 Å². The molecule has 0 atom stereocenters. The lowest BCUT2D eigenvalue weighted by atomic mass is 9.97. The van der Waals surface area contributed by atoms with Crippen molar-refractivity contribution in [2.75, 3.05) is 29.4 Å². The van der Waals surface area contributed by atoms with Crippen LogP contribution >= 0.6 is 45.3 Å². The molecular formula is C120H82N6S4. The van der Waals surface area contributed by atoms with E-state index < -0.39 is 0 Å². The minimum atomic E-state index is 1.10. The van der Waals surface area contributed by atoms with Gasteiger partial charge in [0.25, 0.3) is 0 Å². The summed E-state index contributed by atoms with van der Waals surface area (Å²) in [5, 5.41) is 10.0.